The fraction of sp³-hybridized carbons (Fsp3) is 0.357. The predicted octanol–water partition coefficient (Wildman–Crippen LogP) is 3.41. The number of aromatic nitrogens is 1. The van der Waals surface area contributed by atoms with Crippen molar-refractivity contribution in [1.82, 2.24) is 10.3 Å². The van der Waals surface area contributed by atoms with Gasteiger partial charge in [-0.05, 0) is 26.3 Å². The molecule has 0 saturated heterocycles. The Morgan fingerprint density at radius 1 is 1.29 bits per heavy atom. The molecule has 1 unspecified atom stereocenters. The summed E-state index contributed by atoms with van der Waals surface area (Å²) >= 11 is 1.85. The molecule has 0 fully saturated rings. The van der Waals surface area contributed by atoms with Gasteiger partial charge >= 0.3 is 0 Å². The van der Waals surface area contributed by atoms with Gasteiger partial charge in [-0.3, -0.25) is 0 Å². The molecule has 2 nitrogen and oxygen atoms in total. The molecule has 0 spiro atoms. The Hall–Kier alpha value is -1.19. The average molecular weight is 244 g/mol. The minimum Gasteiger partial charge on any atom is -0.312 e. The third-order valence-electron chi connectivity index (χ3n) is 3.32. The van der Waals surface area contributed by atoms with Crippen molar-refractivity contribution in [3.8, 4) is 10.6 Å². The number of rotatable bonds is 2. The molecule has 1 N–H and O–H groups in total. The monoisotopic (exact) mass is 244 g/mol. The highest BCUT2D eigenvalue weighted by molar-refractivity contribution is 7.15. The van der Waals surface area contributed by atoms with Crippen LogP contribution >= 0.6 is 11.3 Å². The van der Waals surface area contributed by atoms with Gasteiger partial charge in [0.05, 0.1) is 5.69 Å². The van der Waals surface area contributed by atoms with Crippen molar-refractivity contribution in [2.24, 2.45) is 0 Å². The van der Waals surface area contributed by atoms with Crippen molar-refractivity contribution in [2.75, 3.05) is 7.05 Å². The maximum atomic E-state index is 4.80. The van der Waals surface area contributed by atoms with Gasteiger partial charge in [0.1, 0.15) is 5.01 Å². The number of thiazole rings is 1. The minimum atomic E-state index is 0.508. The molecule has 0 bridgehead atoms. The Morgan fingerprint density at radius 2 is 2.12 bits per heavy atom. The molecule has 0 aliphatic heterocycles. The van der Waals surface area contributed by atoms with Crippen LogP contribution in [0.15, 0.2) is 30.3 Å². The summed E-state index contributed by atoms with van der Waals surface area (Å²) in [6, 6.07) is 11.0. The summed E-state index contributed by atoms with van der Waals surface area (Å²) in [6.07, 6.45) is 3.62. The van der Waals surface area contributed by atoms with Crippen LogP contribution < -0.4 is 5.32 Å². The number of aryl methyl sites for hydroxylation is 1. The van der Waals surface area contributed by atoms with E-state index < -0.39 is 0 Å². The van der Waals surface area contributed by atoms with Gasteiger partial charge in [0.25, 0.3) is 0 Å². The first kappa shape index (κ1) is 10.9. The predicted molar refractivity (Wildman–Crippen MR) is 72.3 cm³/mol. The Bertz CT molecular complexity index is 504. The number of fused-ring (bicyclic) bond motifs is 1. The molecule has 3 heteroatoms. The third-order valence-corrected chi connectivity index (χ3v) is 4.58. The lowest BCUT2D eigenvalue weighted by Gasteiger charge is -2.19. The quantitative estimate of drug-likeness (QED) is 0.875. The van der Waals surface area contributed by atoms with E-state index in [1.165, 1.54) is 29.0 Å². The average Bonchev–Trinajstić information content (AvgIpc) is 2.83. The second kappa shape index (κ2) is 4.59. The second-order valence-electron chi connectivity index (χ2n) is 4.43. The molecule has 0 saturated carbocycles. The van der Waals surface area contributed by atoms with Gasteiger partial charge in [-0.1, -0.05) is 30.3 Å². The van der Waals surface area contributed by atoms with Crippen LogP contribution in [-0.4, -0.2) is 12.0 Å². The van der Waals surface area contributed by atoms with E-state index >= 15 is 0 Å². The Labute approximate surface area is 106 Å². The molecule has 1 atom stereocenters. The fourth-order valence-electron chi connectivity index (χ4n) is 2.40. The maximum absolute atomic E-state index is 4.80. The second-order valence-corrected chi connectivity index (χ2v) is 5.46. The Kier molecular flexibility index (Phi) is 2.95. The molecule has 3 rings (SSSR count). The van der Waals surface area contributed by atoms with Crippen molar-refractivity contribution in [2.45, 2.75) is 25.3 Å². The fourth-order valence-corrected chi connectivity index (χ4v) is 3.66. The van der Waals surface area contributed by atoms with Crippen molar-refractivity contribution >= 4 is 11.3 Å². The summed E-state index contributed by atoms with van der Waals surface area (Å²) in [5.41, 5.74) is 2.54. The zero-order valence-electron chi connectivity index (χ0n) is 9.94. The standard InChI is InChI=1S/C14H16N2S/c1-15-11-8-5-9-12-13(11)17-14(16-12)10-6-3-2-4-7-10/h2-4,6-7,11,15H,5,8-9H2,1H3. The first-order valence-corrected chi connectivity index (χ1v) is 6.92. The molecule has 1 aromatic heterocycles. The molecule has 17 heavy (non-hydrogen) atoms. The largest absolute Gasteiger partial charge is 0.312 e. The Morgan fingerprint density at radius 3 is 2.88 bits per heavy atom. The molecule has 1 aliphatic rings. The van der Waals surface area contributed by atoms with Crippen LogP contribution in [-0.2, 0) is 6.42 Å². The number of hydrogen-bond acceptors (Lipinski definition) is 3. The van der Waals surface area contributed by atoms with Gasteiger partial charge in [0.2, 0.25) is 0 Å². The van der Waals surface area contributed by atoms with E-state index in [0.717, 1.165) is 11.4 Å². The lowest BCUT2D eigenvalue weighted by molar-refractivity contribution is 0.501. The summed E-state index contributed by atoms with van der Waals surface area (Å²) in [7, 11) is 2.04. The zero-order chi connectivity index (χ0) is 11.7. The van der Waals surface area contributed by atoms with E-state index in [4.69, 9.17) is 4.98 Å². The summed E-state index contributed by atoms with van der Waals surface area (Å²) in [4.78, 5) is 6.24. The van der Waals surface area contributed by atoms with Crippen molar-refractivity contribution in [1.29, 1.82) is 0 Å². The highest BCUT2D eigenvalue weighted by Crippen LogP contribution is 2.37. The maximum Gasteiger partial charge on any atom is 0.123 e. The normalized spacial score (nSPS) is 19.0. The summed E-state index contributed by atoms with van der Waals surface area (Å²) < 4.78 is 0. The number of nitrogens with one attached hydrogen (secondary N) is 1. The van der Waals surface area contributed by atoms with Gasteiger partial charge in [-0.15, -0.1) is 11.3 Å². The molecule has 1 heterocycles. The highest BCUT2D eigenvalue weighted by atomic mass is 32.1. The first-order chi connectivity index (χ1) is 8.38. The van der Waals surface area contributed by atoms with E-state index in [-0.39, 0.29) is 0 Å². The van der Waals surface area contributed by atoms with E-state index in [2.05, 4.69) is 29.6 Å². The minimum absolute atomic E-state index is 0.508. The molecule has 88 valence electrons. The highest BCUT2D eigenvalue weighted by Gasteiger charge is 2.23. The molecule has 2 aromatic rings. The number of hydrogen-bond donors (Lipinski definition) is 1. The van der Waals surface area contributed by atoms with E-state index in [9.17, 15) is 0 Å². The van der Waals surface area contributed by atoms with Crippen LogP contribution in [0.3, 0.4) is 0 Å². The van der Waals surface area contributed by atoms with Crippen LogP contribution in [0.2, 0.25) is 0 Å². The van der Waals surface area contributed by atoms with E-state index in [0.29, 0.717) is 6.04 Å². The topological polar surface area (TPSA) is 24.9 Å². The van der Waals surface area contributed by atoms with Gasteiger partial charge in [0.15, 0.2) is 0 Å². The van der Waals surface area contributed by atoms with Crippen LogP contribution in [0.1, 0.15) is 29.5 Å². The molecule has 1 aliphatic carbocycles. The Balaban J connectivity index is 2.02. The molecule has 0 amide bonds. The summed E-state index contributed by atoms with van der Waals surface area (Å²) in [5.74, 6) is 0. The molecular formula is C14H16N2S. The lowest BCUT2D eigenvalue weighted by atomic mass is 9.98. The van der Waals surface area contributed by atoms with Crippen LogP contribution in [0, 0.1) is 0 Å². The van der Waals surface area contributed by atoms with Gasteiger partial charge < -0.3 is 5.32 Å². The first-order valence-electron chi connectivity index (χ1n) is 6.11. The van der Waals surface area contributed by atoms with Crippen molar-refractivity contribution in [3.63, 3.8) is 0 Å². The van der Waals surface area contributed by atoms with E-state index in [1.54, 1.807) is 0 Å². The zero-order valence-corrected chi connectivity index (χ0v) is 10.8. The SMILES string of the molecule is CNC1CCCc2nc(-c3ccccc3)sc21. The van der Waals surface area contributed by atoms with Gasteiger partial charge in [0, 0.05) is 16.5 Å². The van der Waals surface area contributed by atoms with Crippen LogP contribution in [0.4, 0.5) is 0 Å². The summed E-state index contributed by atoms with van der Waals surface area (Å²) in [6.45, 7) is 0. The smallest absolute Gasteiger partial charge is 0.123 e. The number of nitrogens with zero attached hydrogens (tertiary/aromatic N) is 1. The van der Waals surface area contributed by atoms with Crippen LogP contribution in [0.5, 0.6) is 0 Å². The van der Waals surface area contributed by atoms with Crippen molar-refractivity contribution in [3.05, 3.63) is 40.9 Å². The summed E-state index contributed by atoms with van der Waals surface area (Å²) in [5, 5.41) is 4.56. The van der Waals surface area contributed by atoms with Crippen molar-refractivity contribution < 1.29 is 0 Å². The third kappa shape index (κ3) is 2.01. The number of benzene rings is 1. The lowest BCUT2D eigenvalue weighted by Crippen LogP contribution is -2.19. The van der Waals surface area contributed by atoms with Crippen LogP contribution in [0.25, 0.3) is 10.6 Å². The van der Waals surface area contributed by atoms with Gasteiger partial charge in [-0.2, -0.15) is 0 Å². The van der Waals surface area contributed by atoms with E-state index in [1.807, 2.05) is 24.5 Å². The molecule has 0 radical (unpaired) electrons. The van der Waals surface area contributed by atoms with Gasteiger partial charge in [-0.25, -0.2) is 4.98 Å². The molecular weight excluding hydrogens is 228 g/mol. The molecule has 1 aromatic carbocycles.